The Bertz CT molecular complexity index is 349. The van der Waals surface area contributed by atoms with Gasteiger partial charge in [0.25, 0.3) is 0 Å². The van der Waals surface area contributed by atoms with Crippen molar-refractivity contribution in [3.8, 4) is 0 Å². The van der Waals surface area contributed by atoms with E-state index in [0.29, 0.717) is 31.3 Å². The van der Waals surface area contributed by atoms with Crippen molar-refractivity contribution in [2.24, 2.45) is 4.99 Å². The Morgan fingerprint density at radius 1 is 1.59 bits per heavy atom. The third kappa shape index (κ3) is 4.66. The molecule has 0 aromatic heterocycles. The second-order valence-electron chi connectivity index (χ2n) is 3.15. The SMILES string of the molecule is N=C/C(O)=C1/C=NC(OCCNCCO)=CN1. The second kappa shape index (κ2) is 7.42. The summed E-state index contributed by atoms with van der Waals surface area (Å²) in [6, 6.07) is 0. The van der Waals surface area contributed by atoms with Gasteiger partial charge in [0.2, 0.25) is 5.88 Å². The Morgan fingerprint density at radius 2 is 2.41 bits per heavy atom. The van der Waals surface area contributed by atoms with Gasteiger partial charge >= 0.3 is 0 Å². The van der Waals surface area contributed by atoms with Crippen molar-refractivity contribution in [2.75, 3.05) is 26.3 Å². The second-order valence-corrected chi connectivity index (χ2v) is 3.15. The molecule has 0 bridgehead atoms. The van der Waals surface area contributed by atoms with Gasteiger partial charge in [-0.1, -0.05) is 0 Å². The number of aliphatic hydroxyl groups excluding tert-OH is 2. The van der Waals surface area contributed by atoms with E-state index in [9.17, 15) is 5.11 Å². The number of hydrogen-bond donors (Lipinski definition) is 5. The number of rotatable bonds is 7. The molecule has 5 N–H and O–H groups in total. The number of aliphatic hydroxyl groups is 2. The van der Waals surface area contributed by atoms with E-state index in [2.05, 4.69) is 15.6 Å². The van der Waals surface area contributed by atoms with Crippen LogP contribution >= 0.6 is 0 Å². The zero-order valence-corrected chi connectivity index (χ0v) is 9.31. The molecule has 0 atom stereocenters. The molecule has 17 heavy (non-hydrogen) atoms. The highest BCUT2D eigenvalue weighted by Gasteiger charge is 2.06. The maximum atomic E-state index is 9.22. The minimum absolute atomic E-state index is 0.0967. The van der Waals surface area contributed by atoms with Crippen LogP contribution in [0.2, 0.25) is 0 Å². The van der Waals surface area contributed by atoms with E-state index >= 15 is 0 Å². The summed E-state index contributed by atoms with van der Waals surface area (Å²) in [5, 5.41) is 30.3. The van der Waals surface area contributed by atoms with E-state index < -0.39 is 0 Å². The molecular formula is C10H16N4O3. The smallest absolute Gasteiger partial charge is 0.230 e. The average molecular weight is 240 g/mol. The number of hydrogen-bond acceptors (Lipinski definition) is 7. The summed E-state index contributed by atoms with van der Waals surface area (Å²) in [4.78, 5) is 3.95. The first-order chi connectivity index (χ1) is 8.27. The normalized spacial score (nSPS) is 17.1. The zero-order chi connectivity index (χ0) is 12.5. The van der Waals surface area contributed by atoms with Crippen LogP contribution in [-0.2, 0) is 4.74 Å². The highest BCUT2D eigenvalue weighted by Crippen LogP contribution is 2.05. The van der Waals surface area contributed by atoms with E-state index in [0.717, 1.165) is 6.21 Å². The van der Waals surface area contributed by atoms with Gasteiger partial charge in [-0.25, -0.2) is 4.99 Å². The Morgan fingerprint density at radius 3 is 3.00 bits per heavy atom. The number of ether oxygens (including phenoxy) is 1. The topological polar surface area (TPSA) is 110 Å². The van der Waals surface area contributed by atoms with Crippen LogP contribution in [0.4, 0.5) is 0 Å². The third-order valence-corrected chi connectivity index (χ3v) is 1.90. The molecule has 1 aliphatic heterocycles. The van der Waals surface area contributed by atoms with Gasteiger partial charge < -0.3 is 31.0 Å². The summed E-state index contributed by atoms with van der Waals surface area (Å²) < 4.78 is 5.29. The third-order valence-electron chi connectivity index (χ3n) is 1.90. The number of nitrogens with one attached hydrogen (secondary N) is 3. The van der Waals surface area contributed by atoms with Crippen molar-refractivity contribution in [2.45, 2.75) is 0 Å². The molecule has 0 saturated carbocycles. The van der Waals surface area contributed by atoms with Crippen LogP contribution in [0.3, 0.4) is 0 Å². The molecule has 0 aromatic carbocycles. The molecule has 94 valence electrons. The predicted octanol–water partition coefficient (Wildman–Crippen LogP) is -0.523. The quantitative estimate of drug-likeness (QED) is 0.233. The predicted molar refractivity (Wildman–Crippen MR) is 64.1 cm³/mol. The Kier molecular flexibility index (Phi) is 5.76. The maximum Gasteiger partial charge on any atom is 0.230 e. The van der Waals surface area contributed by atoms with Gasteiger partial charge in [-0.15, -0.1) is 0 Å². The van der Waals surface area contributed by atoms with Crippen molar-refractivity contribution in [1.82, 2.24) is 10.6 Å². The summed E-state index contributed by atoms with van der Waals surface area (Å²) in [7, 11) is 0. The van der Waals surface area contributed by atoms with Crippen LogP contribution in [0, 0.1) is 5.41 Å². The first-order valence-corrected chi connectivity index (χ1v) is 5.16. The Hall–Kier alpha value is -1.86. The largest absolute Gasteiger partial charge is 0.504 e. The van der Waals surface area contributed by atoms with Crippen LogP contribution in [0.25, 0.3) is 0 Å². The van der Waals surface area contributed by atoms with Gasteiger partial charge in [-0.05, 0) is 0 Å². The average Bonchev–Trinajstić information content (AvgIpc) is 2.38. The number of aliphatic imine (C=N–C) groups is 1. The fourth-order valence-electron chi connectivity index (χ4n) is 1.07. The van der Waals surface area contributed by atoms with Crippen molar-refractivity contribution in [3.05, 3.63) is 23.5 Å². The van der Waals surface area contributed by atoms with Gasteiger partial charge in [0.05, 0.1) is 25.2 Å². The molecule has 1 aliphatic rings. The van der Waals surface area contributed by atoms with Crippen LogP contribution < -0.4 is 10.6 Å². The molecule has 0 radical (unpaired) electrons. The van der Waals surface area contributed by atoms with E-state index in [1.165, 1.54) is 12.4 Å². The van der Waals surface area contributed by atoms with Crippen LogP contribution in [0.15, 0.2) is 28.5 Å². The van der Waals surface area contributed by atoms with E-state index in [4.69, 9.17) is 15.3 Å². The molecule has 0 amide bonds. The van der Waals surface area contributed by atoms with E-state index in [-0.39, 0.29) is 12.4 Å². The summed E-state index contributed by atoms with van der Waals surface area (Å²) in [6.07, 6.45) is 3.71. The molecule has 1 heterocycles. The van der Waals surface area contributed by atoms with Gasteiger partial charge in [-0.3, -0.25) is 0 Å². The molecule has 0 fully saturated rings. The summed E-state index contributed by atoms with van der Waals surface area (Å²) in [6.45, 7) is 1.67. The van der Waals surface area contributed by atoms with E-state index in [1.54, 1.807) is 0 Å². The maximum absolute atomic E-state index is 9.22. The minimum Gasteiger partial charge on any atom is -0.504 e. The monoisotopic (exact) mass is 240 g/mol. The summed E-state index contributed by atoms with van der Waals surface area (Å²) in [5.41, 5.74) is 0.353. The Labute approximate surface area is 99.0 Å². The molecule has 0 aromatic rings. The number of nitrogens with zero attached hydrogens (tertiary/aromatic N) is 1. The molecule has 0 aliphatic carbocycles. The lowest BCUT2D eigenvalue weighted by Crippen LogP contribution is -2.23. The van der Waals surface area contributed by atoms with E-state index in [1.807, 2.05) is 0 Å². The fourth-order valence-corrected chi connectivity index (χ4v) is 1.07. The lowest BCUT2D eigenvalue weighted by Gasteiger charge is -2.12. The standard InChI is InChI=1S/C10H16N4O3/c11-5-9(16)8-6-14-10(7-13-8)17-4-2-12-1-3-15/h5-7,11-13,15-16H,1-4H2/b9-8+,11-5?. The highest BCUT2D eigenvalue weighted by atomic mass is 16.5. The fraction of sp³-hybridized carbons (Fsp3) is 0.400. The first kappa shape index (κ1) is 13.2. The minimum atomic E-state index is -0.186. The van der Waals surface area contributed by atoms with Crippen molar-refractivity contribution in [3.63, 3.8) is 0 Å². The molecule has 7 nitrogen and oxygen atoms in total. The van der Waals surface area contributed by atoms with Gasteiger partial charge in [0, 0.05) is 13.1 Å². The summed E-state index contributed by atoms with van der Waals surface area (Å²) >= 11 is 0. The lowest BCUT2D eigenvalue weighted by molar-refractivity contribution is 0.204. The first-order valence-electron chi connectivity index (χ1n) is 5.16. The number of allylic oxidation sites excluding steroid dienone is 2. The van der Waals surface area contributed by atoms with Crippen molar-refractivity contribution < 1.29 is 14.9 Å². The molecule has 7 heteroatoms. The van der Waals surface area contributed by atoms with Crippen LogP contribution in [0.1, 0.15) is 0 Å². The summed E-state index contributed by atoms with van der Waals surface area (Å²) in [5.74, 6) is 0.214. The van der Waals surface area contributed by atoms with Gasteiger partial charge in [0.15, 0.2) is 5.76 Å². The van der Waals surface area contributed by atoms with Crippen LogP contribution in [0.5, 0.6) is 0 Å². The van der Waals surface area contributed by atoms with Gasteiger partial charge in [-0.2, -0.15) is 0 Å². The molecule has 0 spiro atoms. The zero-order valence-electron chi connectivity index (χ0n) is 9.31. The highest BCUT2D eigenvalue weighted by molar-refractivity contribution is 5.88. The molecule has 0 saturated heterocycles. The van der Waals surface area contributed by atoms with Crippen molar-refractivity contribution >= 4 is 12.4 Å². The van der Waals surface area contributed by atoms with Crippen molar-refractivity contribution in [1.29, 1.82) is 5.41 Å². The molecular weight excluding hydrogens is 224 g/mol. The molecule has 0 unspecified atom stereocenters. The molecule has 1 rings (SSSR count). The van der Waals surface area contributed by atoms with Crippen LogP contribution in [-0.4, -0.2) is 48.9 Å². The Balaban J connectivity index is 2.28. The lowest BCUT2D eigenvalue weighted by atomic mass is 10.3. The van der Waals surface area contributed by atoms with Gasteiger partial charge in [0.1, 0.15) is 12.3 Å².